The van der Waals surface area contributed by atoms with Gasteiger partial charge in [-0.05, 0) is 11.6 Å². The largest absolute Gasteiger partial charge is 0.319 e. The molecule has 0 radical (unpaired) electrons. The molecule has 3 N–H and O–H groups in total. The van der Waals surface area contributed by atoms with Crippen molar-refractivity contribution in [1.82, 2.24) is 15.4 Å². The number of hydrogen-bond donors (Lipinski definition) is 2. The molecule has 2 rings (SSSR count). The summed E-state index contributed by atoms with van der Waals surface area (Å²) in [4.78, 5) is 0. The number of nitrogens with two attached hydrogens (primary N) is 1. The minimum atomic E-state index is -0.331. The van der Waals surface area contributed by atoms with Gasteiger partial charge in [0, 0.05) is 5.02 Å². The van der Waals surface area contributed by atoms with Crippen molar-refractivity contribution in [3.05, 3.63) is 46.7 Å². The van der Waals surface area contributed by atoms with Crippen molar-refractivity contribution in [2.24, 2.45) is 5.73 Å². The molecular formula is C9H9ClN4. The minimum Gasteiger partial charge on any atom is -0.319 e. The van der Waals surface area contributed by atoms with Crippen molar-refractivity contribution in [3.63, 3.8) is 0 Å². The van der Waals surface area contributed by atoms with Gasteiger partial charge in [0.25, 0.3) is 0 Å². The monoisotopic (exact) mass is 208 g/mol. The number of halogens is 1. The molecule has 4 nitrogen and oxygen atoms in total. The van der Waals surface area contributed by atoms with Crippen molar-refractivity contribution in [1.29, 1.82) is 0 Å². The third-order valence-corrected chi connectivity index (χ3v) is 2.34. The van der Waals surface area contributed by atoms with Gasteiger partial charge in [-0.15, -0.1) is 0 Å². The quantitative estimate of drug-likeness (QED) is 0.786. The fourth-order valence-electron chi connectivity index (χ4n) is 1.25. The molecule has 0 fully saturated rings. The summed E-state index contributed by atoms with van der Waals surface area (Å²) in [5, 5.41) is 10.8. The van der Waals surface area contributed by atoms with Crippen LogP contribution in [-0.2, 0) is 0 Å². The van der Waals surface area contributed by atoms with Gasteiger partial charge in [0.1, 0.15) is 5.69 Å². The van der Waals surface area contributed by atoms with Gasteiger partial charge in [-0.3, -0.25) is 0 Å². The van der Waals surface area contributed by atoms with E-state index in [1.165, 1.54) is 0 Å². The van der Waals surface area contributed by atoms with E-state index < -0.39 is 0 Å². The molecule has 1 unspecified atom stereocenters. The highest BCUT2D eigenvalue weighted by Gasteiger charge is 2.13. The summed E-state index contributed by atoms with van der Waals surface area (Å²) >= 11 is 6.00. The lowest BCUT2D eigenvalue weighted by Gasteiger charge is -2.09. The van der Waals surface area contributed by atoms with Crippen LogP contribution in [0.25, 0.3) is 0 Å². The fraction of sp³-hybridized carbons (Fsp3) is 0.111. The maximum absolute atomic E-state index is 6.00. The zero-order chi connectivity index (χ0) is 9.97. The summed E-state index contributed by atoms with van der Waals surface area (Å²) in [6.45, 7) is 0. The van der Waals surface area contributed by atoms with E-state index in [1.54, 1.807) is 12.3 Å². The van der Waals surface area contributed by atoms with Gasteiger partial charge in [-0.25, -0.2) is 0 Å². The highest BCUT2D eigenvalue weighted by atomic mass is 35.5. The van der Waals surface area contributed by atoms with Crippen LogP contribution in [0.15, 0.2) is 30.5 Å². The summed E-state index contributed by atoms with van der Waals surface area (Å²) in [5.74, 6) is 0. The molecule has 0 amide bonds. The Labute approximate surface area is 86.1 Å². The molecule has 1 atom stereocenters. The molecular weight excluding hydrogens is 200 g/mol. The average molecular weight is 209 g/mol. The van der Waals surface area contributed by atoms with Crippen LogP contribution in [-0.4, -0.2) is 15.4 Å². The van der Waals surface area contributed by atoms with E-state index in [2.05, 4.69) is 15.4 Å². The lowest BCUT2D eigenvalue weighted by atomic mass is 10.1. The van der Waals surface area contributed by atoms with E-state index in [1.807, 2.05) is 18.2 Å². The van der Waals surface area contributed by atoms with Crippen LogP contribution in [0.4, 0.5) is 0 Å². The zero-order valence-corrected chi connectivity index (χ0v) is 8.07. The first-order valence-corrected chi connectivity index (χ1v) is 4.52. The first kappa shape index (κ1) is 9.18. The van der Waals surface area contributed by atoms with E-state index in [0.717, 1.165) is 5.56 Å². The SMILES string of the molecule is NC(c1cn[nH]n1)c1ccccc1Cl. The summed E-state index contributed by atoms with van der Waals surface area (Å²) < 4.78 is 0. The predicted octanol–water partition coefficient (Wildman–Crippen LogP) is 1.51. The molecule has 14 heavy (non-hydrogen) atoms. The first-order chi connectivity index (χ1) is 6.79. The number of nitrogens with zero attached hydrogens (tertiary/aromatic N) is 2. The van der Waals surface area contributed by atoms with E-state index in [9.17, 15) is 0 Å². The van der Waals surface area contributed by atoms with Crippen LogP contribution >= 0.6 is 11.6 Å². The second kappa shape index (κ2) is 3.77. The third kappa shape index (κ3) is 1.62. The van der Waals surface area contributed by atoms with Gasteiger partial charge >= 0.3 is 0 Å². The second-order valence-corrected chi connectivity index (χ2v) is 3.30. The van der Waals surface area contributed by atoms with E-state index in [-0.39, 0.29) is 6.04 Å². The number of nitrogens with one attached hydrogen (secondary N) is 1. The maximum atomic E-state index is 6.00. The molecule has 0 aliphatic carbocycles. The predicted molar refractivity (Wildman–Crippen MR) is 53.9 cm³/mol. The standard InChI is InChI=1S/C9H9ClN4/c10-7-4-2-1-3-6(7)9(11)8-5-12-14-13-8/h1-5,9H,11H2,(H,12,13,14). The smallest absolute Gasteiger partial charge is 0.104 e. The molecule has 1 aromatic heterocycles. The van der Waals surface area contributed by atoms with Crippen molar-refractivity contribution >= 4 is 11.6 Å². The molecule has 72 valence electrons. The topological polar surface area (TPSA) is 67.6 Å². The number of H-pyrrole nitrogens is 1. The number of rotatable bonds is 2. The van der Waals surface area contributed by atoms with Gasteiger partial charge in [0.2, 0.25) is 0 Å². The Morgan fingerprint density at radius 1 is 1.36 bits per heavy atom. The molecule has 0 saturated heterocycles. The van der Waals surface area contributed by atoms with Gasteiger partial charge in [0.05, 0.1) is 12.2 Å². The summed E-state index contributed by atoms with van der Waals surface area (Å²) in [6, 6.07) is 7.10. The maximum Gasteiger partial charge on any atom is 0.104 e. The first-order valence-electron chi connectivity index (χ1n) is 4.14. The zero-order valence-electron chi connectivity index (χ0n) is 7.31. The van der Waals surface area contributed by atoms with Crippen molar-refractivity contribution in [2.45, 2.75) is 6.04 Å². The van der Waals surface area contributed by atoms with Gasteiger partial charge in [0.15, 0.2) is 0 Å². The van der Waals surface area contributed by atoms with Gasteiger partial charge in [-0.2, -0.15) is 15.4 Å². The Kier molecular flexibility index (Phi) is 2.47. The summed E-state index contributed by atoms with van der Waals surface area (Å²) in [6.07, 6.45) is 1.59. The Balaban J connectivity index is 2.37. The number of aromatic amines is 1. The van der Waals surface area contributed by atoms with Crippen LogP contribution in [0, 0.1) is 0 Å². The van der Waals surface area contributed by atoms with E-state index in [4.69, 9.17) is 17.3 Å². The number of benzene rings is 1. The van der Waals surface area contributed by atoms with Crippen LogP contribution in [0.2, 0.25) is 5.02 Å². The Hall–Kier alpha value is -1.39. The lowest BCUT2D eigenvalue weighted by molar-refractivity contribution is 0.810. The Morgan fingerprint density at radius 3 is 2.79 bits per heavy atom. The highest BCUT2D eigenvalue weighted by Crippen LogP contribution is 2.24. The van der Waals surface area contributed by atoms with Gasteiger partial charge in [-0.1, -0.05) is 29.8 Å². The van der Waals surface area contributed by atoms with Crippen LogP contribution in [0.1, 0.15) is 17.3 Å². The average Bonchev–Trinajstić information content (AvgIpc) is 2.70. The second-order valence-electron chi connectivity index (χ2n) is 2.89. The van der Waals surface area contributed by atoms with Crippen molar-refractivity contribution < 1.29 is 0 Å². The van der Waals surface area contributed by atoms with Crippen LogP contribution in [0.3, 0.4) is 0 Å². The molecule has 0 aliphatic rings. The molecule has 0 aliphatic heterocycles. The van der Waals surface area contributed by atoms with Crippen molar-refractivity contribution in [2.75, 3.05) is 0 Å². The number of aromatic nitrogens is 3. The Bertz CT molecular complexity index is 413. The third-order valence-electron chi connectivity index (χ3n) is 1.99. The van der Waals surface area contributed by atoms with Crippen LogP contribution in [0.5, 0.6) is 0 Å². The normalized spacial score (nSPS) is 12.7. The van der Waals surface area contributed by atoms with E-state index >= 15 is 0 Å². The van der Waals surface area contributed by atoms with Crippen LogP contribution < -0.4 is 5.73 Å². The molecule has 1 aromatic carbocycles. The summed E-state index contributed by atoms with van der Waals surface area (Å²) in [5.41, 5.74) is 7.48. The molecule has 1 heterocycles. The fourth-order valence-corrected chi connectivity index (χ4v) is 1.50. The lowest BCUT2D eigenvalue weighted by Crippen LogP contribution is -2.12. The molecule has 0 saturated carbocycles. The van der Waals surface area contributed by atoms with E-state index in [0.29, 0.717) is 10.7 Å². The highest BCUT2D eigenvalue weighted by molar-refractivity contribution is 6.31. The van der Waals surface area contributed by atoms with Crippen molar-refractivity contribution in [3.8, 4) is 0 Å². The molecule has 0 bridgehead atoms. The molecule has 5 heteroatoms. The molecule has 0 spiro atoms. The van der Waals surface area contributed by atoms with Gasteiger partial charge < -0.3 is 5.73 Å². The minimum absolute atomic E-state index is 0.331. The molecule has 2 aromatic rings. The number of hydrogen-bond acceptors (Lipinski definition) is 3. The summed E-state index contributed by atoms with van der Waals surface area (Å²) in [7, 11) is 0. The Morgan fingerprint density at radius 2 is 2.14 bits per heavy atom.